The molecule has 1 aromatic carbocycles. The predicted octanol–water partition coefficient (Wildman–Crippen LogP) is 1.80. The van der Waals surface area contributed by atoms with Crippen LogP contribution in [0, 0.1) is 0 Å². The van der Waals surface area contributed by atoms with Crippen molar-refractivity contribution in [3.63, 3.8) is 0 Å². The Morgan fingerprint density at radius 2 is 1.86 bits per heavy atom. The second-order valence-electron chi connectivity index (χ2n) is 7.99. The second kappa shape index (κ2) is 7.85. The molecule has 154 valence electrons. The quantitative estimate of drug-likeness (QED) is 0.537. The molecule has 1 aliphatic heterocycles. The Kier molecular flexibility index (Phi) is 5.25. The average molecular weight is 399 g/mol. The molecule has 0 bridgehead atoms. The van der Waals surface area contributed by atoms with Crippen molar-refractivity contribution in [2.75, 3.05) is 6.54 Å². The number of urea groups is 1. The van der Waals surface area contributed by atoms with E-state index < -0.39 is 23.6 Å². The average Bonchev–Trinajstić information content (AvgIpc) is 3.34. The highest BCUT2D eigenvalue weighted by molar-refractivity contribution is 6.07. The fourth-order valence-electron chi connectivity index (χ4n) is 4.00. The molecule has 2 aliphatic carbocycles. The summed E-state index contributed by atoms with van der Waals surface area (Å²) in [6.45, 7) is -0.0585. The molecule has 1 spiro atoms. The molecule has 1 saturated heterocycles. The van der Waals surface area contributed by atoms with Gasteiger partial charge in [0, 0.05) is 18.2 Å². The van der Waals surface area contributed by atoms with Gasteiger partial charge >= 0.3 is 12.0 Å². The zero-order valence-electron chi connectivity index (χ0n) is 16.2. The van der Waals surface area contributed by atoms with Crippen LogP contribution < -0.4 is 10.6 Å². The van der Waals surface area contributed by atoms with Gasteiger partial charge in [0.15, 0.2) is 0 Å². The maximum Gasteiger partial charge on any atom is 0.325 e. The molecule has 2 N–H and O–H groups in total. The molecule has 2 saturated carbocycles. The van der Waals surface area contributed by atoms with Crippen molar-refractivity contribution < 1.29 is 23.9 Å². The van der Waals surface area contributed by atoms with Crippen LogP contribution in [0.15, 0.2) is 30.3 Å². The van der Waals surface area contributed by atoms with E-state index in [-0.39, 0.29) is 30.8 Å². The number of benzene rings is 1. The van der Waals surface area contributed by atoms with Gasteiger partial charge in [0.25, 0.3) is 11.8 Å². The maximum absolute atomic E-state index is 12.7. The standard InChI is InChI=1S/C21H25N3O5/c25-16(10-13-24-19(27)21(23-20(24)28)11-4-5-12-21)29-17(14-6-2-1-3-7-14)18(26)22-15-8-9-15/h1-3,6-7,15,17H,4-5,8-13H2,(H,22,26)(H,23,28)/t17-/m0/s1. The Bertz CT molecular complexity index is 815. The van der Waals surface area contributed by atoms with Crippen LogP contribution in [0.25, 0.3) is 0 Å². The summed E-state index contributed by atoms with van der Waals surface area (Å²) in [5.41, 5.74) is -0.212. The lowest BCUT2D eigenvalue weighted by Crippen LogP contribution is -2.44. The lowest BCUT2D eigenvalue weighted by Gasteiger charge is -2.20. The van der Waals surface area contributed by atoms with Gasteiger partial charge in [-0.3, -0.25) is 19.3 Å². The fourth-order valence-corrected chi connectivity index (χ4v) is 4.00. The number of nitrogens with zero attached hydrogens (tertiary/aromatic N) is 1. The van der Waals surface area contributed by atoms with Crippen LogP contribution in [-0.2, 0) is 19.1 Å². The Balaban J connectivity index is 1.37. The van der Waals surface area contributed by atoms with Crippen molar-refractivity contribution in [3.05, 3.63) is 35.9 Å². The molecule has 3 fully saturated rings. The van der Waals surface area contributed by atoms with Crippen LogP contribution in [0.4, 0.5) is 4.79 Å². The highest BCUT2D eigenvalue weighted by atomic mass is 16.5. The molecule has 4 rings (SSSR count). The number of ether oxygens (including phenoxy) is 1. The Hall–Kier alpha value is -2.90. The predicted molar refractivity (Wildman–Crippen MR) is 103 cm³/mol. The third kappa shape index (κ3) is 4.11. The van der Waals surface area contributed by atoms with E-state index >= 15 is 0 Å². The number of carbonyl (C=O) groups excluding carboxylic acids is 4. The third-order valence-electron chi connectivity index (χ3n) is 5.76. The van der Waals surface area contributed by atoms with Crippen molar-refractivity contribution in [2.24, 2.45) is 0 Å². The summed E-state index contributed by atoms with van der Waals surface area (Å²) in [5.74, 6) is -1.25. The first-order chi connectivity index (χ1) is 14.0. The second-order valence-corrected chi connectivity index (χ2v) is 7.99. The number of esters is 1. The fraction of sp³-hybridized carbons (Fsp3) is 0.524. The number of rotatable bonds is 7. The Morgan fingerprint density at radius 1 is 1.17 bits per heavy atom. The van der Waals surface area contributed by atoms with Crippen LogP contribution in [0.3, 0.4) is 0 Å². The molecule has 0 radical (unpaired) electrons. The van der Waals surface area contributed by atoms with Gasteiger partial charge in [0.1, 0.15) is 5.54 Å². The van der Waals surface area contributed by atoms with E-state index in [2.05, 4.69) is 10.6 Å². The minimum absolute atomic E-state index is 0.0585. The van der Waals surface area contributed by atoms with Gasteiger partial charge in [-0.15, -0.1) is 0 Å². The van der Waals surface area contributed by atoms with Crippen LogP contribution in [0.1, 0.15) is 56.6 Å². The van der Waals surface area contributed by atoms with E-state index in [9.17, 15) is 19.2 Å². The van der Waals surface area contributed by atoms with E-state index in [1.54, 1.807) is 24.3 Å². The minimum Gasteiger partial charge on any atom is -0.447 e. The van der Waals surface area contributed by atoms with Crippen molar-refractivity contribution in [1.82, 2.24) is 15.5 Å². The first-order valence-electron chi connectivity index (χ1n) is 10.2. The molecular formula is C21H25N3O5. The number of carbonyl (C=O) groups is 4. The summed E-state index contributed by atoms with van der Waals surface area (Å²) in [5, 5.41) is 5.64. The zero-order chi connectivity index (χ0) is 20.4. The lowest BCUT2D eigenvalue weighted by atomic mass is 9.98. The summed E-state index contributed by atoms with van der Waals surface area (Å²) < 4.78 is 5.45. The molecule has 0 unspecified atom stereocenters. The van der Waals surface area contributed by atoms with Gasteiger partial charge in [-0.1, -0.05) is 43.2 Å². The van der Waals surface area contributed by atoms with Crippen molar-refractivity contribution in [2.45, 2.75) is 62.6 Å². The molecule has 29 heavy (non-hydrogen) atoms. The van der Waals surface area contributed by atoms with Crippen molar-refractivity contribution in [3.8, 4) is 0 Å². The van der Waals surface area contributed by atoms with E-state index in [4.69, 9.17) is 4.74 Å². The normalized spacial score (nSPS) is 21.2. The van der Waals surface area contributed by atoms with Crippen molar-refractivity contribution in [1.29, 1.82) is 0 Å². The summed E-state index contributed by atoms with van der Waals surface area (Å²) in [4.78, 5) is 51.0. The summed E-state index contributed by atoms with van der Waals surface area (Å²) in [6, 6.07) is 8.50. The van der Waals surface area contributed by atoms with Crippen LogP contribution in [0.5, 0.6) is 0 Å². The SMILES string of the molecule is O=C(CCN1C(=O)NC2(CCCC2)C1=O)O[C@H](C(=O)NC1CC1)c1ccccc1. The lowest BCUT2D eigenvalue weighted by molar-refractivity contribution is -0.156. The molecule has 1 atom stereocenters. The van der Waals surface area contributed by atoms with Gasteiger partial charge in [-0.2, -0.15) is 0 Å². The summed E-state index contributed by atoms with van der Waals surface area (Å²) in [6.07, 6.45) is 3.72. The number of nitrogens with one attached hydrogen (secondary N) is 2. The highest BCUT2D eigenvalue weighted by Crippen LogP contribution is 2.35. The van der Waals surface area contributed by atoms with Gasteiger partial charge in [-0.25, -0.2) is 4.79 Å². The van der Waals surface area contributed by atoms with E-state index in [1.165, 1.54) is 0 Å². The minimum atomic E-state index is -1.05. The number of imide groups is 1. The molecular weight excluding hydrogens is 374 g/mol. The molecule has 1 heterocycles. The monoisotopic (exact) mass is 399 g/mol. The number of hydrogen-bond acceptors (Lipinski definition) is 5. The molecule has 4 amide bonds. The van der Waals surface area contributed by atoms with E-state index in [0.717, 1.165) is 30.6 Å². The van der Waals surface area contributed by atoms with Crippen LogP contribution >= 0.6 is 0 Å². The summed E-state index contributed by atoms with van der Waals surface area (Å²) >= 11 is 0. The zero-order valence-corrected chi connectivity index (χ0v) is 16.2. The maximum atomic E-state index is 12.7. The topological polar surface area (TPSA) is 105 Å². The number of hydrogen-bond donors (Lipinski definition) is 2. The largest absolute Gasteiger partial charge is 0.447 e. The van der Waals surface area contributed by atoms with Gasteiger partial charge in [-0.05, 0) is 25.7 Å². The first kappa shape index (κ1) is 19.4. The molecule has 3 aliphatic rings. The third-order valence-corrected chi connectivity index (χ3v) is 5.76. The molecule has 0 aromatic heterocycles. The van der Waals surface area contributed by atoms with Crippen LogP contribution in [-0.4, -0.2) is 46.8 Å². The Labute approximate surface area is 169 Å². The first-order valence-corrected chi connectivity index (χ1v) is 10.2. The molecule has 1 aromatic rings. The molecule has 8 nitrogen and oxygen atoms in total. The Morgan fingerprint density at radius 3 is 2.52 bits per heavy atom. The van der Waals surface area contributed by atoms with Crippen LogP contribution in [0.2, 0.25) is 0 Å². The smallest absolute Gasteiger partial charge is 0.325 e. The highest BCUT2D eigenvalue weighted by Gasteiger charge is 2.52. The van der Waals surface area contributed by atoms with Gasteiger partial charge < -0.3 is 15.4 Å². The van der Waals surface area contributed by atoms with Gasteiger partial charge in [0.05, 0.1) is 6.42 Å². The van der Waals surface area contributed by atoms with Gasteiger partial charge in [0.2, 0.25) is 6.10 Å². The van der Waals surface area contributed by atoms with Crippen molar-refractivity contribution >= 4 is 23.8 Å². The summed E-state index contributed by atoms with van der Waals surface area (Å²) in [7, 11) is 0. The molecule has 8 heteroatoms. The van der Waals surface area contributed by atoms with E-state index in [1.807, 2.05) is 6.07 Å². The number of amides is 4. The van der Waals surface area contributed by atoms with E-state index in [0.29, 0.717) is 18.4 Å².